The van der Waals surface area contributed by atoms with E-state index >= 15 is 0 Å². The number of nitrogens with zero attached hydrogens (tertiary/aromatic N) is 1. The molecular formula is C24H27F3N2O4. The SMILES string of the molecule is CC(=O)Nc1cc(F)c(C(F)F)c(CC[C@H]2COC(C)(C)N2C(=O)OCc2ccccc2)c1. The summed E-state index contributed by atoms with van der Waals surface area (Å²) in [5.74, 6) is -1.53. The molecule has 6 nitrogen and oxygen atoms in total. The molecule has 2 aromatic carbocycles. The van der Waals surface area contributed by atoms with Crippen LogP contribution in [-0.4, -0.2) is 35.3 Å². The molecule has 0 saturated carbocycles. The van der Waals surface area contributed by atoms with Crippen LogP contribution < -0.4 is 5.32 Å². The number of aryl methyl sites for hydroxylation is 1. The maximum absolute atomic E-state index is 14.4. The number of rotatable bonds is 7. The minimum Gasteiger partial charge on any atom is -0.444 e. The van der Waals surface area contributed by atoms with E-state index in [0.717, 1.165) is 11.6 Å². The molecule has 178 valence electrons. The molecule has 0 bridgehead atoms. The van der Waals surface area contributed by atoms with Crippen LogP contribution in [-0.2, 0) is 27.3 Å². The average Bonchev–Trinajstić information content (AvgIpc) is 3.04. The predicted octanol–water partition coefficient (Wildman–Crippen LogP) is 5.43. The number of amides is 2. The summed E-state index contributed by atoms with van der Waals surface area (Å²) in [5, 5.41) is 2.42. The average molecular weight is 464 g/mol. The van der Waals surface area contributed by atoms with Crippen LogP contribution in [0.4, 0.5) is 23.7 Å². The van der Waals surface area contributed by atoms with Crippen molar-refractivity contribution in [1.82, 2.24) is 4.90 Å². The molecule has 1 fully saturated rings. The van der Waals surface area contributed by atoms with Gasteiger partial charge >= 0.3 is 6.09 Å². The molecule has 0 spiro atoms. The Morgan fingerprint density at radius 3 is 2.58 bits per heavy atom. The molecule has 2 aromatic rings. The van der Waals surface area contributed by atoms with E-state index in [1.807, 2.05) is 30.3 Å². The van der Waals surface area contributed by atoms with Gasteiger partial charge in [-0.05, 0) is 49.9 Å². The molecule has 1 saturated heterocycles. The zero-order valence-corrected chi connectivity index (χ0v) is 18.7. The van der Waals surface area contributed by atoms with Crippen LogP contribution in [0.2, 0.25) is 0 Å². The zero-order valence-electron chi connectivity index (χ0n) is 18.7. The zero-order chi connectivity index (χ0) is 24.2. The van der Waals surface area contributed by atoms with Gasteiger partial charge in [-0.3, -0.25) is 9.69 Å². The van der Waals surface area contributed by atoms with E-state index in [9.17, 15) is 22.8 Å². The van der Waals surface area contributed by atoms with Gasteiger partial charge in [0.1, 0.15) is 18.1 Å². The summed E-state index contributed by atoms with van der Waals surface area (Å²) < 4.78 is 52.6. The predicted molar refractivity (Wildman–Crippen MR) is 116 cm³/mol. The molecular weight excluding hydrogens is 437 g/mol. The Bertz CT molecular complexity index is 999. The molecule has 3 rings (SSSR count). The molecule has 0 unspecified atom stereocenters. The maximum Gasteiger partial charge on any atom is 0.412 e. The third-order valence-electron chi connectivity index (χ3n) is 5.48. The van der Waals surface area contributed by atoms with Crippen LogP contribution in [0.1, 0.15) is 50.3 Å². The molecule has 1 aliphatic heterocycles. The van der Waals surface area contributed by atoms with Crippen LogP contribution in [0.15, 0.2) is 42.5 Å². The second-order valence-electron chi connectivity index (χ2n) is 8.37. The molecule has 9 heteroatoms. The normalized spacial score (nSPS) is 17.3. The summed E-state index contributed by atoms with van der Waals surface area (Å²) in [6, 6.07) is 11.0. The Balaban J connectivity index is 1.75. The number of nitrogens with one attached hydrogen (secondary N) is 1. The second-order valence-corrected chi connectivity index (χ2v) is 8.37. The first-order valence-electron chi connectivity index (χ1n) is 10.6. The third-order valence-corrected chi connectivity index (χ3v) is 5.48. The van der Waals surface area contributed by atoms with Crippen molar-refractivity contribution in [1.29, 1.82) is 0 Å². The summed E-state index contributed by atoms with van der Waals surface area (Å²) >= 11 is 0. The highest BCUT2D eigenvalue weighted by Crippen LogP contribution is 2.34. The summed E-state index contributed by atoms with van der Waals surface area (Å²) in [6.07, 6.45) is -3.31. The van der Waals surface area contributed by atoms with Gasteiger partial charge in [0.25, 0.3) is 6.43 Å². The Morgan fingerprint density at radius 1 is 1.24 bits per heavy atom. The summed E-state index contributed by atoms with van der Waals surface area (Å²) in [7, 11) is 0. The number of hydrogen-bond donors (Lipinski definition) is 1. The number of ether oxygens (including phenoxy) is 2. The van der Waals surface area contributed by atoms with Crippen molar-refractivity contribution < 1.29 is 32.2 Å². The Kier molecular flexibility index (Phi) is 7.63. The lowest BCUT2D eigenvalue weighted by Crippen LogP contribution is -2.48. The third kappa shape index (κ3) is 6.04. The van der Waals surface area contributed by atoms with Gasteiger partial charge < -0.3 is 14.8 Å². The number of anilines is 1. The fraction of sp³-hybridized carbons (Fsp3) is 0.417. The summed E-state index contributed by atoms with van der Waals surface area (Å²) in [6.45, 7) is 4.95. The van der Waals surface area contributed by atoms with Crippen LogP contribution >= 0.6 is 0 Å². The highest BCUT2D eigenvalue weighted by molar-refractivity contribution is 5.88. The summed E-state index contributed by atoms with van der Waals surface area (Å²) in [5.41, 5.74) is -0.669. The standard InChI is InChI=1S/C24H27F3N2O4/c1-15(30)28-18-11-17(21(22(26)27)20(25)12-18)9-10-19-14-33-24(2,3)29(19)23(31)32-13-16-7-5-4-6-8-16/h4-8,11-12,19,22H,9-10,13-14H2,1-3H3,(H,28,30)/t19-/m0/s1. The number of hydrogen-bond acceptors (Lipinski definition) is 4. The fourth-order valence-corrected chi connectivity index (χ4v) is 3.98. The molecule has 1 atom stereocenters. The lowest BCUT2D eigenvalue weighted by molar-refractivity contribution is -0.114. The van der Waals surface area contributed by atoms with Crippen molar-refractivity contribution in [2.24, 2.45) is 0 Å². The van der Waals surface area contributed by atoms with E-state index in [1.165, 1.54) is 17.9 Å². The van der Waals surface area contributed by atoms with E-state index in [0.29, 0.717) is 0 Å². The molecule has 1 heterocycles. The van der Waals surface area contributed by atoms with Gasteiger partial charge in [-0.2, -0.15) is 0 Å². The van der Waals surface area contributed by atoms with Gasteiger partial charge in [-0.15, -0.1) is 0 Å². The first-order chi connectivity index (χ1) is 15.6. The molecule has 0 aliphatic carbocycles. The molecule has 1 N–H and O–H groups in total. The van der Waals surface area contributed by atoms with E-state index in [-0.39, 0.29) is 37.3 Å². The minimum absolute atomic E-state index is 0.0522. The van der Waals surface area contributed by atoms with Crippen LogP contribution in [0.25, 0.3) is 0 Å². The fourth-order valence-electron chi connectivity index (χ4n) is 3.98. The van der Waals surface area contributed by atoms with Gasteiger partial charge in [0.2, 0.25) is 5.91 Å². The van der Waals surface area contributed by atoms with Gasteiger partial charge in [-0.25, -0.2) is 18.0 Å². The number of halogens is 3. The number of carbonyl (C=O) groups is 2. The van der Waals surface area contributed by atoms with Crippen LogP contribution in [0.5, 0.6) is 0 Å². The smallest absolute Gasteiger partial charge is 0.412 e. The van der Waals surface area contributed by atoms with E-state index < -0.39 is 41.6 Å². The lowest BCUT2D eigenvalue weighted by atomic mass is 9.98. The first-order valence-corrected chi connectivity index (χ1v) is 10.6. The lowest BCUT2D eigenvalue weighted by Gasteiger charge is -2.33. The van der Waals surface area contributed by atoms with Gasteiger partial charge in [0.15, 0.2) is 0 Å². The highest BCUT2D eigenvalue weighted by Gasteiger charge is 2.44. The topological polar surface area (TPSA) is 67.9 Å². The minimum atomic E-state index is -3.02. The number of carbonyl (C=O) groups excluding carboxylic acids is 2. The van der Waals surface area contributed by atoms with Crippen LogP contribution in [0, 0.1) is 5.82 Å². The van der Waals surface area contributed by atoms with Crippen molar-refractivity contribution in [2.75, 3.05) is 11.9 Å². The number of benzene rings is 2. The molecule has 0 radical (unpaired) electrons. The van der Waals surface area contributed by atoms with Gasteiger partial charge in [0, 0.05) is 12.6 Å². The number of alkyl halides is 2. The molecule has 1 aliphatic rings. The van der Waals surface area contributed by atoms with E-state index in [4.69, 9.17) is 9.47 Å². The second kappa shape index (κ2) is 10.2. The Morgan fingerprint density at radius 2 is 1.94 bits per heavy atom. The van der Waals surface area contributed by atoms with Crippen LogP contribution in [0.3, 0.4) is 0 Å². The van der Waals surface area contributed by atoms with Crippen molar-refractivity contribution in [3.8, 4) is 0 Å². The highest BCUT2D eigenvalue weighted by atomic mass is 19.3. The molecule has 33 heavy (non-hydrogen) atoms. The first kappa shape index (κ1) is 24.6. The van der Waals surface area contributed by atoms with Crippen molar-refractivity contribution >= 4 is 17.7 Å². The van der Waals surface area contributed by atoms with Crippen molar-refractivity contribution in [3.05, 3.63) is 65.0 Å². The molecule has 0 aromatic heterocycles. The van der Waals surface area contributed by atoms with E-state index in [1.54, 1.807) is 13.8 Å². The molecule has 2 amide bonds. The van der Waals surface area contributed by atoms with Gasteiger partial charge in [0.05, 0.1) is 18.2 Å². The largest absolute Gasteiger partial charge is 0.444 e. The summed E-state index contributed by atoms with van der Waals surface area (Å²) in [4.78, 5) is 25.6. The van der Waals surface area contributed by atoms with Crippen molar-refractivity contribution in [3.63, 3.8) is 0 Å². The Labute approximate surface area is 190 Å². The maximum atomic E-state index is 14.4. The quantitative estimate of drug-likeness (QED) is 0.594. The monoisotopic (exact) mass is 464 g/mol. The Hall–Kier alpha value is -3.07. The van der Waals surface area contributed by atoms with E-state index in [2.05, 4.69) is 5.32 Å². The van der Waals surface area contributed by atoms with Crippen molar-refractivity contribution in [2.45, 2.75) is 58.4 Å². The van der Waals surface area contributed by atoms with Gasteiger partial charge in [-0.1, -0.05) is 30.3 Å².